The standard InChI is InChI=1S/C17H27FN2/c1-3-17(13-5-7-14(18)8-6-13)20(4-2)16-11-9-15(19)10-12-16/h5-8,15-17H,3-4,9-12,19H2,1-2H3. The first-order valence-corrected chi connectivity index (χ1v) is 7.92. The Morgan fingerprint density at radius 3 is 2.25 bits per heavy atom. The fourth-order valence-corrected chi connectivity index (χ4v) is 3.51. The maximum absolute atomic E-state index is 13.1. The van der Waals surface area contributed by atoms with Crippen molar-refractivity contribution in [2.45, 2.75) is 64.1 Å². The van der Waals surface area contributed by atoms with Gasteiger partial charge in [-0.05, 0) is 56.3 Å². The lowest BCUT2D eigenvalue weighted by atomic mass is 9.88. The van der Waals surface area contributed by atoms with Crippen molar-refractivity contribution in [2.24, 2.45) is 5.73 Å². The number of halogens is 1. The molecule has 2 rings (SSSR count). The minimum Gasteiger partial charge on any atom is -0.328 e. The van der Waals surface area contributed by atoms with E-state index in [-0.39, 0.29) is 5.82 Å². The summed E-state index contributed by atoms with van der Waals surface area (Å²) in [5.74, 6) is -0.157. The van der Waals surface area contributed by atoms with Gasteiger partial charge in [-0.1, -0.05) is 26.0 Å². The molecule has 0 saturated heterocycles. The highest BCUT2D eigenvalue weighted by atomic mass is 19.1. The smallest absolute Gasteiger partial charge is 0.123 e. The average Bonchev–Trinajstić information content (AvgIpc) is 2.47. The Morgan fingerprint density at radius 2 is 1.75 bits per heavy atom. The second-order valence-electron chi connectivity index (χ2n) is 5.87. The summed E-state index contributed by atoms with van der Waals surface area (Å²) < 4.78 is 13.1. The highest BCUT2D eigenvalue weighted by Crippen LogP contribution is 2.31. The Labute approximate surface area is 122 Å². The van der Waals surface area contributed by atoms with Gasteiger partial charge in [0.05, 0.1) is 0 Å². The predicted molar refractivity (Wildman–Crippen MR) is 82.0 cm³/mol. The lowest BCUT2D eigenvalue weighted by Gasteiger charge is -2.40. The van der Waals surface area contributed by atoms with E-state index in [0.717, 1.165) is 25.8 Å². The van der Waals surface area contributed by atoms with E-state index in [9.17, 15) is 4.39 Å². The van der Waals surface area contributed by atoms with Crippen molar-refractivity contribution < 1.29 is 4.39 Å². The van der Waals surface area contributed by atoms with Gasteiger partial charge in [-0.15, -0.1) is 0 Å². The highest BCUT2D eigenvalue weighted by molar-refractivity contribution is 5.20. The van der Waals surface area contributed by atoms with Crippen molar-refractivity contribution in [2.75, 3.05) is 6.54 Å². The molecule has 1 atom stereocenters. The monoisotopic (exact) mass is 278 g/mol. The molecule has 0 amide bonds. The number of hydrogen-bond donors (Lipinski definition) is 1. The summed E-state index contributed by atoms with van der Waals surface area (Å²) in [5.41, 5.74) is 7.24. The maximum atomic E-state index is 13.1. The Hall–Kier alpha value is -0.930. The topological polar surface area (TPSA) is 29.3 Å². The molecule has 0 heterocycles. The van der Waals surface area contributed by atoms with Crippen LogP contribution in [-0.4, -0.2) is 23.5 Å². The van der Waals surface area contributed by atoms with E-state index in [1.165, 1.54) is 18.4 Å². The molecule has 0 bridgehead atoms. The molecule has 1 aliphatic rings. The summed E-state index contributed by atoms with van der Waals surface area (Å²) in [6.07, 6.45) is 5.68. The highest BCUT2D eigenvalue weighted by Gasteiger charge is 2.28. The van der Waals surface area contributed by atoms with E-state index in [0.29, 0.717) is 18.1 Å². The van der Waals surface area contributed by atoms with Crippen molar-refractivity contribution in [3.8, 4) is 0 Å². The van der Waals surface area contributed by atoms with Gasteiger partial charge in [0.25, 0.3) is 0 Å². The van der Waals surface area contributed by atoms with Gasteiger partial charge in [0.15, 0.2) is 0 Å². The van der Waals surface area contributed by atoms with Crippen LogP contribution in [-0.2, 0) is 0 Å². The van der Waals surface area contributed by atoms with Gasteiger partial charge in [-0.25, -0.2) is 4.39 Å². The van der Waals surface area contributed by atoms with Gasteiger partial charge in [0, 0.05) is 18.1 Å². The van der Waals surface area contributed by atoms with E-state index in [4.69, 9.17) is 5.73 Å². The molecule has 112 valence electrons. The largest absolute Gasteiger partial charge is 0.328 e. The number of nitrogens with two attached hydrogens (primary N) is 1. The SMILES string of the molecule is CCC(c1ccc(F)cc1)N(CC)C1CCC(N)CC1. The van der Waals surface area contributed by atoms with Crippen molar-refractivity contribution in [3.05, 3.63) is 35.6 Å². The Balaban J connectivity index is 2.12. The third-order valence-corrected chi connectivity index (χ3v) is 4.62. The van der Waals surface area contributed by atoms with Gasteiger partial charge in [-0.2, -0.15) is 0 Å². The van der Waals surface area contributed by atoms with Crippen molar-refractivity contribution in [3.63, 3.8) is 0 Å². The molecule has 2 nitrogen and oxygen atoms in total. The summed E-state index contributed by atoms with van der Waals surface area (Å²) in [4.78, 5) is 2.58. The molecule has 2 N–H and O–H groups in total. The third-order valence-electron chi connectivity index (χ3n) is 4.62. The van der Waals surface area contributed by atoms with Gasteiger partial charge in [0.1, 0.15) is 5.82 Å². The number of rotatable bonds is 5. The van der Waals surface area contributed by atoms with E-state index in [1.54, 1.807) is 12.1 Å². The molecule has 1 saturated carbocycles. The van der Waals surface area contributed by atoms with E-state index >= 15 is 0 Å². The molecule has 1 fully saturated rings. The first-order chi connectivity index (χ1) is 9.65. The zero-order valence-electron chi connectivity index (χ0n) is 12.7. The second kappa shape index (κ2) is 7.19. The Kier molecular flexibility index (Phi) is 5.55. The van der Waals surface area contributed by atoms with Gasteiger partial charge < -0.3 is 5.73 Å². The second-order valence-corrected chi connectivity index (χ2v) is 5.87. The van der Waals surface area contributed by atoms with Gasteiger partial charge in [-0.3, -0.25) is 4.90 Å². The molecular formula is C17H27FN2. The summed E-state index contributed by atoms with van der Waals surface area (Å²) in [7, 11) is 0. The van der Waals surface area contributed by atoms with Crippen LogP contribution in [0.25, 0.3) is 0 Å². The zero-order chi connectivity index (χ0) is 14.5. The minimum absolute atomic E-state index is 0.157. The molecule has 1 aromatic carbocycles. The first kappa shape index (κ1) is 15.5. The van der Waals surface area contributed by atoms with Crippen LogP contribution < -0.4 is 5.73 Å². The van der Waals surface area contributed by atoms with Crippen molar-refractivity contribution >= 4 is 0 Å². The van der Waals surface area contributed by atoms with Crippen molar-refractivity contribution in [1.29, 1.82) is 0 Å². The lowest BCUT2D eigenvalue weighted by Crippen LogP contribution is -2.42. The number of hydrogen-bond acceptors (Lipinski definition) is 2. The Morgan fingerprint density at radius 1 is 1.15 bits per heavy atom. The molecule has 0 aliphatic heterocycles. The van der Waals surface area contributed by atoms with Gasteiger partial charge in [0.2, 0.25) is 0 Å². The molecule has 3 heteroatoms. The molecule has 0 radical (unpaired) electrons. The van der Waals surface area contributed by atoms with Gasteiger partial charge >= 0.3 is 0 Å². The molecule has 1 unspecified atom stereocenters. The minimum atomic E-state index is -0.157. The van der Waals surface area contributed by atoms with E-state index < -0.39 is 0 Å². The molecule has 20 heavy (non-hydrogen) atoms. The van der Waals surface area contributed by atoms with Crippen LogP contribution in [0.4, 0.5) is 4.39 Å². The van der Waals surface area contributed by atoms with Crippen molar-refractivity contribution in [1.82, 2.24) is 4.90 Å². The molecular weight excluding hydrogens is 251 g/mol. The number of nitrogens with zero attached hydrogens (tertiary/aromatic N) is 1. The van der Waals surface area contributed by atoms with Crippen LogP contribution in [0.3, 0.4) is 0 Å². The molecule has 0 spiro atoms. The summed E-state index contributed by atoms with van der Waals surface area (Å²) >= 11 is 0. The third kappa shape index (κ3) is 3.58. The van der Waals surface area contributed by atoms with Crippen LogP contribution >= 0.6 is 0 Å². The van der Waals surface area contributed by atoms with Crippen LogP contribution in [0.2, 0.25) is 0 Å². The average molecular weight is 278 g/mol. The fraction of sp³-hybridized carbons (Fsp3) is 0.647. The lowest BCUT2D eigenvalue weighted by molar-refractivity contribution is 0.103. The predicted octanol–water partition coefficient (Wildman–Crippen LogP) is 3.87. The van der Waals surface area contributed by atoms with Crippen LogP contribution in [0.15, 0.2) is 24.3 Å². The molecule has 0 aromatic heterocycles. The zero-order valence-corrected chi connectivity index (χ0v) is 12.7. The van der Waals surface area contributed by atoms with E-state index in [2.05, 4.69) is 18.7 Å². The summed E-state index contributed by atoms with van der Waals surface area (Å²) in [5, 5.41) is 0. The number of benzene rings is 1. The summed E-state index contributed by atoms with van der Waals surface area (Å²) in [6.45, 7) is 5.47. The normalized spacial score (nSPS) is 24.9. The van der Waals surface area contributed by atoms with Crippen LogP contribution in [0.5, 0.6) is 0 Å². The van der Waals surface area contributed by atoms with E-state index in [1.807, 2.05) is 12.1 Å². The quantitative estimate of drug-likeness (QED) is 0.886. The molecule has 1 aromatic rings. The fourth-order valence-electron chi connectivity index (χ4n) is 3.51. The first-order valence-electron chi connectivity index (χ1n) is 7.92. The maximum Gasteiger partial charge on any atom is 0.123 e. The Bertz CT molecular complexity index is 396. The van der Waals surface area contributed by atoms with Crippen LogP contribution in [0, 0.1) is 5.82 Å². The summed E-state index contributed by atoms with van der Waals surface area (Å²) in [6, 6.07) is 8.40. The molecule has 1 aliphatic carbocycles. The van der Waals surface area contributed by atoms with Crippen LogP contribution in [0.1, 0.15) is 57.6 Å².